The summed E-state index contributed by atoms with van der Waals surface area (Å²) < 4.78 is 27.5. The van der Waals surface area contributed by atoms with Gasteiger partial charge in [-0.2, -0.15) is 5.26 Å². The third-order valence-electron chi connectivity index (χ3n) is 2.63. The zero-order valence-corrected chi connectivity index (χ0v) is 12.1. The number of rotatable bonds is 7. The largest absolute Gasteiger partial charge is 0.368 e. The second kappa shape index (κ2) is 7.63. The fourth-order valence-electron chi connectivity index (χ4n) is 1.88. The second-order valence-corrected chi connectivity index (χ2v) is 4.90. The molecule has 0 bridgehead atoms. The summed E-state index contributed by atoms with van der Waals surface area (Å²) in [5, 5.41) is 11.4. The van der Waals surface area contributed by atoms with E-state index < -0.39 is 11.6 Å². The topological polar surface area (TPSA) is 52.0 Å². The molecule has 0 saturated heterocycles. The van der Waals surface area contributed by atoms with E-state index >= 15 is 0 Å². The minimum absolute atomic E-state index is 0.0367. The molecule has 0 spiro atoms. The maximum absolute atomic E-state index is 13.9. The summed E-state index contributed by atoms with van der Waals surface area (Å²) in [5.41, 5.74) is 0. The van der Waals surface area contributed by atoms with E-state index in [0.29, 0.717) is 19.6 Å². The number of pyridine rings is 1. The average Bonchev–Trinajstić information content (AvgIpc) is 2.37. The summed E-state index contributed by atoms with van der Waals surface area (Å²) in [5.74, 6) is -1.01. The molecule has 0 aromatic carbocycles. The Labute approximate surface area is 118 Å². The van der Waals surface area contributed by atoms with Crippen molar-refractivity contribution in [2.75, 3.05) is 29.9 Å². The third kappa shape index (κ3) is 4.34. The SMILES string of the molecule is CCNc1nc(N(CCC#N)CC(C)C)c(F)cc1F. The van der Waals surface area contributed by atoms with Gasteiger partial charge >= 0.3 is 0 Å². The van der Waals surface area contributed by atoms with Crippen LogP contribution in [0.25, 0.3) is 0 Å². The van der Waals surface area contributed by atoms with Crippen LogP contribution < -0.4 is 10.2 Å². The van der Waals surface area contributed by atoms with E-state index in [9.17, 15) is 8.78 Å². The van der Waals surface area contributed by atoms with Gasteiger partial charge in [-0.25, -0.2) is 13.8 Å². The number of anilines is 2. The molecule has 1 rings (SSSR count). The second-order valence-electron chi connectivity index (χ2n) is 4.90. The van der Waals surface area contributed by atoms with Crippen LogP contribution >= 0.6 is 0 Å². The van der Waals surface area contributed by atoms with E-state index in [1.807, 2.05) is 26.8 Å². The fraction of sp³-hybridized carbons (Fsp3) is 0.571. The summed E-state index contributed by atoms with van der Waals surface area (Å²) >= 11 is 0. The van der Waals surface area contributed by atoms with E-state index in [4.69, 9.17) is 5.26 Å². The molecule has 0 radical (unpaired) electrons. The van der Waals surface area contributed by atoms with Gasteiger partial charge in [0.2, 0.25) is 0 Å². The molecule has 0 fully saturated rings. The molecule has 1 aromatic heterocycles. The Bertz CT molecular complexity index is 483. The lowest BCUT2D eigenvalue weighted by atomic mass is 10.2. The third-order valence-corrected chi connectivity index (χ3v) is 2.63. The van der Waals surface area contributed by atoms with E-state index in [1.165, 1.54) is 0 Å². The predicted octanol–water partition coefficient (Wildman–Crippen LogP) is 3.17. The Hall–Kier alpha value is -1.90. The first-order valence-corrected chi connectivity index (χ1v) is 6.71. The van der Waals surface area contributed by atoms with Gasteiger partial charge in [0.25, 0.3) is 0 Å². The fourth-order valence-corrected chi connectivity index (χ4v) is 1.88. The molecule has 1 N–H and O–H groups in total. The maximum atomic E-state index is 13.9. The monoisotopic (exact) mass is 282 g/mol. The smallest absolute Gasteiger partial charge is 0.168 e. The quantitative estimate of drug-likeness (QED) is 0.834. The summed E-state index contributed by atoms with van der Waals surface area (Å²) in [7, 11) is 0. The number of aromatic nitrogens is 1. The van der Waals surface area contributed by atoms with Gasteiger partial charge in [0.05, 0.1) is 12.5 Å². The maximum Gasteiger partial charge on any atom is 0.168 e. The molecule has 0 unspecified atom stereocenters. The van der Waals surface area contributed by atoms with E-state index in [0.717, 1.165) is 6.07 Å². The minimum Gasteiger partial charge on any atom is -0.368 e. The lowest BCUT2D eigenvalue weighted by Gasteiger charge is -2.25. The van der Waals surface area contributed by atoms with Gasteiger partial charge in [-0.1, -0.05) is 13.8 Å². The van der Waals surface area contributed by atoms with Crippen molar-refractivity contribution in [1.82, 2.24) is 4.98 Å². The van der Waals surface area contributed by atoms with Crippen LogP contribution in [0.1, 0.15) is 27.2 Å². The molecule has 6 heteroatoms. The minimum atomic E-state index is -0.710. The van der Waals surface area contributed by atoms with Crippen LogP contribution in [0.4, 0.5) is 20.4 Å². The van der Waals surface area contributed by atoms with Crippen LogP contribution in [0.3, 0.4) is 0 Å². The van der Waals surface area contributed by atoms with Crippen LogP contribution in [0.2, 0.25) is 0 Å². The molecule has 20 heavy (non-hydrogen) atoms. The average molecular weight is 282 g/mol. The van der Waals surface area contributed by atoms with Gasteiger partial charge in [-0.15, -0.1) is 0 Å². The number of hydrogen-bond donors (Lipinski definition) is 1. The Kier molecular flexibility index (Phi) is 6.16. The molecule has 0 aliphatic heterocycles. The first-order valence-electron chi connectivity index (χ1n) is 6.71. The zero-order chi connectivity index (χ0) is 15.1. The van der Waals surface area contributed by atoms with Gasteiger partial charge in [0.15, 0.2) is 23.3 Å². The van der Waals surface area contributed by atoms with Crippen molar-refractivity contribution in [2.24, 2.45) is 5.92 Å². The van der Waals surface area contributed by atoms with Gasteiger partial charge < -0.3 is 10.2 Å². The first kappa shape index (κ1) is 16.2. The Morgan fingerprint density at radius 3 is 2.65 bits per heavy atom. The number of halogens is 2. The Balaban J connectivity index is 3.10. The molecular formula is C14H20F2N4. The molecular weight excluding hydrogens is 262 g/mol. The van der Waals surface area contributed by atoms with E-state index in [1.54, 1.807) is 4.90 Å². The van der Waals surface area contributed by atoms with Crippen LogP contribution in [-0.2, 0) is 0 Å². The van der Waals surface area contributed by atoms with Crippen molar-refractivity contribution in [3.05, 3.63) is 17.7 Å². The lowest BCUT2D eigenvalue weighted by Crippen LogP contribution is -2.30. The summed E-state index contributed by atoms with van der Waals surface area (Å²) in [6.45, 7) is 7.22. The number of nitrogens with one attached hydrogen (secondary N) is 1. The highest BCUT2D eigenvalue weighted by atomic mass is 19.1. The van der Waals surface area contributed by atoms with Crippen molar-refractivity contribution >= 4 is 11.6 Å². The van der Waals surface area contributed by atoms with Gasteiger partial charge in [-0.3, -0.25) is 0 Å². The highest BCUT2D eigenvalue weighted by Crippen LogP contribution is 2.23. The van der Waals surface area contributed by atoms with Crippen LogP contribution in [0, 0.1) is 28.9 Å². The highest BCUT2D eigenvalue weighted by Gasteiger charge is 2.18. The molecule has 4 nitrogen and oxygen atoms in total. The summed E-state index contributed by atoms with van der Waals surface area (Å²) in [4.78, 5) is 5.71. The van der Waals surface area contributed by atoms with Gasteiger partial charge in [0.1, 0.15) is 0 Å². The lowest BCUT2D eigenvalue weighted by molar-refractivity contribution is 0.553. The number of hydrogen-bond acceptors (Lipinski definition) is 4. The molecule has 0 aliphatic rings. The Morgan fingerprint density at radius 2 is 2.10 bits per heavy atom. The summed E-state index contributed by atoms with van der Waals surface area (Å²) in [6, 6.07) is 2.86. The van der Waals surface area contributed by atoms with E-state index in [-0.39, 0.29) is 24.0 Å². The van der Waals surface area contributed by atoms with Crippen LogP contribution in [0.15, 0.2) is 6.07 Å². The van der Waals surface area contributed by atoms with Crippen molar-refractivity contribution < 1.29 is 8.78 Å². The standard InChI is InChI=1S/C14H20F2N4/c1-4-18-13-11(15)8-12(16)14(19-13)20(7-5-6-17)9-10(2)3/h8,10H,4-5,7,9H2,1-3H3,(H,18,19). The number of nitriles is 1. The highest BCUT2D eigenvalue weighted by molar-refractivity contribution is 5.49. The molecule has 1 heterocycles. The molecule has 0 amide bonds. The molecule has 110 valence electrons. The summed E-state index contributed by atoms with van der Waals surface area (Å²) in [6.07, 6.45) is 0.266. The molecule has 1 aromatic rings. The van der Waals surface area contributed by atoms with Crippen molar-refractivity contribution in [2.45, 2.75) is 27.2 Å². The molecule has 0 saturated carbocycles. The van der Waals surface area contributed by atoms with Crippen LogP contribution in [-0.4, -0.2) is 24.6 Å². The zero-order valence-electron chi connectivity index (χ0n) is 12.1. The molecule has 0 aliphatic carbocycles. The van der Waals surface area contributed by atoms with Crippen molar-refractivity contribution in [3.8, 4) is 6.07 Å². The van der Waals surface area contributed by atoms with E-state index in [2.05, 4.69) is 10.3 Å². The number of nitrogens with zero attached hydrogens (tertiary/aromatic N) is 3. The predicted molar refractivity (Wildman–Crippen MR) is 75.6 cm³/mol. The van der Waals surface area contributed by atoms with Gasteiger partial charge in [0, 0.05) is 25.7 Å². The Morgan fingerprint density at radius 1 is 1.40 bits per heavy atom. The first-order chi connectivity index (χ1) is 9.49. The molecule has 0 atom stereocenters. The normalized spacial score (nSPS) is 10.4. The van der Waals surface area contributed by atoms with Crippen LogP contribution in [0.5, 0.6) is 0 Å². The van der Waals surface area contributed by atoms with Crippen molar-refractivity contribution in [1.29, 1.82) is 5.26 Å². The van der Waals surface area contributed by atoms with Crippen molar-refractivity contribution in [3.63, 3.8) is 0 Å². The van der Waals surface area contributed by atoms with Gasteiger partial charge in [-0.05, 0) is 12.8 Å².